The minimum Gasteiger partial charge on any atom is -0.456 e. The minimum atomic E-state index is 0.135. The van der Waals surface area contributed by atoms with E-state index in [0.29, 0.717) is 0 Å². The lowest BCUT2D eigenvalue weighted by Gasteiger charge is -2.29. The van der Waals surface area contributed by atoms with Crippen LogP contribution in [0.4, 0.5) is 11.4 Å². The first-order chi connectivity index (χ1) is 28.8. The van der Waals surface area contributed by atoms with E-state index in [2.05, 4.69) is 202 Å². The number of allylic oxidation sites excluding steroid dienone is 2. The molecule has 4 heteroatoms. The summed E-state index contributed by atoms with van der Waals surface area (Å²) in [5.41, 5.74) is 15.2. The topological polar surface area (TPSA) is 26.2 Å². The van der Waals surface area contributed by atoms with Crippen molar-refractivity contribution >= 4 is 82.5 Å². The van der Waals surface area contributed by atoms with Crippen LogP contribution in [0.1, 0.15) is 17.0 Å². The Kier molecular flexibility index (Phi) is 6.53. The standard InChI is InChI=1S/C54H35N3O/c1-3-13-36(14-4-1)55-49-28-23-34(35-24-30-52-46(32-35)41-19-9-12-22-51(41)58-52)31-44(49)45-33-38(25-29-50(45)55)57-48-21-11-8-18-40(48)43-27-26-42-39-17-7-10-20-47(39)56(53(42)54(43)57)37-15-5-2-6-16-37/h1-33,44,49H. The van der Waals surface area contributed by atoms with Crippen LogP contribution >= 0.6 is 0 Å². The SMILES string of the molecule is C1=CC2C(C=C1c1ccc3oc4ccccc4c3c1)c1cc(-n3c4ccccc4c4ccc5c6ccccc6n(-c6ccccc6)c5c43)ccc1N2c1ccccc1. The Hall–Kier alpha value is -7.56. The van der Waals surface area contributed by atoms with Gasteiger partial charge in [0, 0.05) is 61.0 Å². The quantitative estimate of drug-likeness (QED) is 0.180. The second-order valence-electron chi connectivity index (χ2n) is 15.7. The summed E-state index contributed by atoms with van der Waals surface area (Å²) in [5.74, 6) is 0.135. The van der Waals surface area contributed by atoms with Gasteiger partial charge in [0.15, 0.2) is 0 Å². The number of benzene rings is 8. The predicted molar refractivity (Wildman–Crippen MR) is 241 cm³/mol. The van der Waals surface area contributed by atoms with Crippen LogP contribution in [0.2, 0.25) is 0 Å². The molecule has 4 heterocycles. The molecule has 13 rings (SSSR count). The number of anilines is 2. The van der Waals surface area contributed by atoms with Gasteiger partial charge in [0.2, 0.25) is 0 Å². The number of furan rings is 1. The Bertz CT molecular complexity index is 3530. The van der Waals surface area contributed by atoms with E-state index in [4.69, 9.17) is 4.42 Å². The molecule has 272 valence electrons. The van der Waals surface area contributed by atoms with Crippen molar-refractivity contribution < 1.29 is 4.42 Å². The molecule has 11 aromatic rings. The summed E-state index contributed by atoms with van der Waals surface area (Å²) in [7, 11) is 0. The summed E-state index contributed by atoms with van der Waals surface area (Å²) in [6.45, 7) is 0. The van der Waals surface area contributed by atoms with E-state index in [1.54, 1.807) is 0 Å². The molecule has 4 nitrogen and oxygen atoms in total. The van der Waals surface area contributed by atoms with Crippen LogP contribution < -0.4 is 4.90 Å². The molecule has 0 saturated heterocycles. The first-order valence-electron chi connectivity index (χ1n) is 20.1. The van der Waals surface area contributed by atoms with Gasteiger partial charge in [0.1, 0.15) is 11.2 Å². The van der Waals surface area contributed by atoms with Crippen molar-refractivity contribution in [2.24, 2.45) is 0 Å². The Labute approximate surface area is 334 Å². The zero-order chi connectivity index (χ0) is 37.9. The predicted octanol–water partition coefficient (Wildman–Crippen LogP) is 14.0. The van der Waals surface area contributed by atoms with Crippen LogP contribution in [0.25, 0.3) is 82.5 Å². The lowest BCUT2D eigenvalue weighted by molar-refractivity contribution is 0.669. The summed E-state index contributed by atoms with van der Waals surface area (Å²) in [6.07, 6.45) is 7.23. The summed E-state index contributed by atoms with van der Waals surface area (Å²) < 4.78 is 11.2. The van der Waals surface area contributed by atoms with Gasteiger partial charge in [-0.1, -0.05) is 127 Å². The number of para-hydroxylation sites is 5. The van der Waals surface area contributed by atoms with Crippen LogP contribution in [-0.2, 0) is 0 Å². The monoisotopic (exact) mass is 741 g/mol. The highest BCUT2D eigenvalue weighted by Gasteiger charge is 2.39. The van der Waals surface area contributed by atoms with Gasteiger partial charge < -0.3 is 18.5 Å². The van der Waals surface area contributed by atoms with Crippen molar-refractivity contribution in [3.05, 3.63) is 211 Å². The van der Waals surface area contributed by atoms with Crippen molar-refractivity contribution in [3.63, 3.8) is 0 Å². The highest BCUT2D eigenvalue weighted by atomic mass is 16.3. The molecule has 8 aromatic carbocycles. The zero-order valence-corrected chi connectivity index (χ0v) is 31.5. The molecule has 2 atom stereocenters. The maximum absolute atomic E-state index is 6.21. The number of fused-ring (bicyclic) bond motifs is 13. The zero-order valence-electron chi connectivity index (χ0n) is 31.5. The fourth-order valence-corrected chi connectivity index (χ4v) is 10.1. The molecule has 58 heavy (non-hydrogen) atoms. The summed E-state index contributed by atoms with van der Waals surface area (Å²) in [5, 5.41) is 7.30. The fraction of sp³-hybridized carbons (Fsp3) is 0.0370. The van der Waals surface area contributed by atoms with Gasteiger partial charge in [-0.3, -0.25) is 0 Å². The van der Waals surface area contributed by atoms with E-state index in [-0.39, 0.29) is 12.0 Å². The lowest BCUT2D eigenvalue weighted by atomic mass is 9.86. The molecule has 0 bridgehead atoms. The molecular weight excluding hydrogens is 707 g/mol. The summed E-state index contributed by atoms with van der Waals surface area (Å²) in [6, 6.07) is 66.3. The number of hydrogen-bond acceptors (Lipinski definition) is 2. The molecule has 2 unspecified atom stereocenters. The van der Waals surface area contributed by atoms with Crippen LogP contribution in [0.3, 0.4) is 0 Å². The van der Waals surface area contributed by atoms with E-state index < -0.39 is 0 Å². The second-order valence-corrected chi connectivity index (χ2v) is 15.7. The maximum Gasteiger partial charge on any atom is 0.135 e. The van der Waals surface area contributed by atoms with E-state index in [1.807, 2.05) is 12.1 Å². The molecule has 0 saturated carbocycles. The first-order valence-corrected chi connectivity index (χ1v) is 20.1. The largest absolute Gasteiger partial charge is 0.456 e. The van der Waals surface area contributed by atoms with Gasteiger partial charge in [-0.25, -0.2) is 0 Å². The average molecular weight is 742 g/mol. The molecule has 1 aliphatic heterocycles. The van der Waals surface area contributed by atoms with Gasteiger partial charge in [0.25, 0.3) is 0 Å². The second kappa shape index (κ2) is 12.0. The third-order valence-corrected chi connectivity index (χ3v) is 12.6. The van der Waals surface area contributed by atoms with Crippen LogP contribution in [0, 0.1) is 0 Å². The van der Waals surface area contributed by atoms with E-state index in [1.165, 1.54) is 71.7 Å². The molecule has 0 radical (unpaired) electrons. The normalized spacial score (nSPS) is 16.3. The van der Waals surface area contributed by atoms with Crippen LogP contribution in [0.15, 0.2) is 205 Å². The highest BCUT2D eigenvalue weighted by molar-refractivity contribution is 6.23. The summed E-state index contributed by atoms with van der Waals surface area (Å²) >= 11 is 0. The Morgan fingerprint density at radius 2 is 1.03 bits per heavy atom. The number of nitrogens with zero attached hydrogens (tertiary/aromatic N) is 3. The van der Waals surface area contributed by atoms with Crippen LogP contribution in [-0.4, -0.2) is 15.2 Å². The average Bonchev–Trinajstić information content (AvgIpc) is 4.03. The van der Waals surface area contributed by atoms with E-state index >= 15 is 0 Å². The van der Waals surface area contributed by atoms with E-state index in [9.17, 15) is 0 Å². The van der Waals surface area contributed by atoms with E-state index in [0.717, 1.165) is 33.3 Å². The Balaban J connectivity index is 1.06. The summed E-state index contributed by atoms with van der Waals surface area (Å²) in [4.78, 5) is 2.53. The highest BCUT2D eigenvalue weighted by Crippen LogP contribution is 2.51. The Morgan fingerprint density at radius 3 is 1.76 bits per heavy atom. The molecule has 0 amide bonds. The molecule has 0 N–H and O–H groups in total. The minimum absolute atomic E-state index is 0.135. The smallest absolute Gasteiger partial charge is 0.135 e. The van der Waals surface area contributed by atoms with Gasteiger partial charge in [0.05, 0.1) is 28.1 Å². The molecule has 0 fully saturated rings. The van der Waals surface area contributed by atoms with Gasteiger partial charge in [-0.15, -0.1) is 0 Å². The fourth-order valence-electron chi connectivity index (χ4n) is 10.1. The number of hydrogen-bond donors (Lipinski definition) is 0. The third kappa shape index (κ3) is 4.40. The number of rotatable bonds is 4. The van der Waals surface area contributed by atoms with Crippen molar-refractivity contribution in [3.8, 4) is 11.4 Å². The van der Waals surface area contributed by atoms with Crippen molar-refractivity contribution in [1.29, 1.82) is 0 Å². The van der Waals surface area contributed by atoms with Crippen LogP contribution in [0.5, 0.6) is 0 Å². The molecule has 2 aliphatic rings. The van der Waals surface area contributed by atoms with Gasteiger partial charge in [-0.2, -0.15) is 0 Å². The molecular formula is C54H35N3O. The van der Waals surface area contributed by atoms with Gasteiger partial charge in [-0.05, 0) is 89.5 Å². The van der Waals surface area contributed by atoms with Crippen molar-refractivity contribution in [1.82, 2.24) is 9.13 Å². The number of aromatic nitrogens is 2. The Morgan fingerprint density at radius 1 is 0.431 bits per heavy atom. The maximum atomic E-state index is 6.21. The van der Waals surface area contributed by atoms with Crippen molar-refractivity contribution in [2.45, 2.75) is 12.0 Å². The lowest BCUT2D eigenvalue weighted by Crippen LogP contribution is -2.28. The molecule has 0 spiro atoms. The first kappa shape index (κ1) is 31.6. The van der Waals surface area contributed by atoms with Crippen molar-refractivity contribution in [2.75, 3.05) is 4.90 Å². The molecule has 3 aromatic heterocycles. The van der Waals surface area contributed by atoms with Gasteiger partial charge >= 0.3 is 0 Å². The molecule has 1 aliphatic carbocycles. The third-order valence-electron chi connectivity index (χ3n) is 12.6.